The van der Waals surface area contributed by atoms with E-state index in [0.717, 1.165) is 10.5 Å². The molecule has 0 unspecified atom stereocenters. The molecular weight excluding hydrogens is 192 g/mol. The van der Waals surface area contributed by atoms with Crippen LogP contribution in [0.3, 0.4) is 0 Å². The van der Waals surface area contributed by atoms with Gasteiger partial charge in [0, 0.05) is 9.92 Å². The first-order valence-electron chi connectivity index (χ1n) is 3.66. The smallest absolute Gasteiger partial charge is 0.0776 e. The van der Waals surface area contributed by atoms with E-state index in [4.69, 9.17) is 11.6 Å². The number of aliphatic hydroxyl groups is 1. The summed E-state index contributed by atoms with van der Waals surface area (Å²) >= 11 is 7.57. The Morgan fingerprint density at radius 2 is 2.17 bits per heavy atom. The lowest BCUT2D eigenvalue weighted by molar-refractivity contribution is 0.199. The SMILES string of the molecule is CSc1ccc([C@H](C)O)c(Cl)c1. The van der Waals surface area contributed by atoms with Crippen molar-refractivity contribution in [2.75, 3.05) is 6.26 Å². The summed E-state index contributed by atoms with van der Waals surface area (Å²) in [6, 6.07) is 5.69. The van der Waals surface area contributed by atoms with Crippen LogP contribution >= 0.6 is 23.4 Å². The summed E-state index contributed by atoms with van der Waals surface area (Å²) in [7, 11) is 0. The zero-order chi connectivity index (χ0) is 9.14. The molecule has 0 aliphatic heterocycles. The fraction of sp³-hybridized carbons (Fsp3) is 0.333. The lowest BCUT2D eigenvalue weighted by atomic mass is 10.1. The Kier molecular flexibility index (Phi) is 3.44. The molecule has 0 heterocycles. The number of benzene rings is 1. The summed E-state index contributed by atoms with van der Waals surface area (Å²) in [5.41, 5.74) is 0.787. The van der Waals surface area contributed by atoms with Crippen molar-refractivity contribution in [2.45, 2.75) is 17.9 Å². The molecule has 1 aromatic carbocycles. The fourth-order valence-electron chi connectivity index (χ4n) is 0.974. The molecule has 0 spiro atoms. The second-order valence-electron chi connectivity index (χ2n) is 2.56. The molecule has 1 nitrogen and oxygen atoms in total. The Morgan fingerprint density at radius 1 is 1.50 bits per heavy atom. The maximum atomic E-state index is 9.28. The minimum atomic E-state index is -0.492. The van der Waals surface area contributed by atoms with Crippen LogP contribution in [0, 0.1) is 0 Å². The number of rotatable bonds is 2. The molecule has 0 radical (unpaired) electrons. The van der Waals surface area contributed by atoms with Crippen LogP contribution in [-0.2, 0) is 0 Å². The van der Waals surface area contributed by atoms with Gasteiger partial charge in [0.15, 0.2) is 0 Å². The van der Waals surface area contributed by atoms with E-state index in [9.17, 15) is 5.11 Å². The molecule has 0 amide bonds. The van der Waals surface area contributed by atoms with Crippen molar-refractivity contribution in [1.29, 1.82) is 0 Å². The summed E-state index contributed by atoms with van der Waals surface area (Å²) in [4.78, 5) is 1.12. The molecule has 0 aliphatic carbocycles. The summed E-state index contributed by atoms with van der Waals surface area (Å²) in [5.74, 6) is 0. The third kappa shape index (κ3) is 2.16. The van der Waals surface area contributed by atoms with Gasteiger partial charge in [-0.2, -0.15) is 0 Å². The van der Waals surface area contributed by atoms with Crippen molar-refractivity contribution >= 4 is 23.4 Å². The van der Waals surface area contributed by atoms with Gasteiger partial charge in [0.2, 0.25) is 0 Å². The Hall–Kier alpha value is -0.180. The maximum Gasteiger partial charge on any atom is 0.0776 e. The van der Waals surface area contributed by atoms with Gasteiger partial charge in [0.1, 0.15) is 0 Å². The van der Waals surface area contributed by atoms with E-state index in [1.165, 1.54) is 0 Å². The number of hydrogen-bond donors (Lipinski definition) is 1. The topological polar surface area (TPSA) is 20.2 Å². The van der Waals surface area contributed by atoms with Crippen LogP contribution in [0.15, 0.2) is 23.1 Å². The normalized spacial score (nSPS) is 13.0. The highest BCUT2D eigenvalue weighted by Crippen LogP contribution is 2.27. The second-order valence-corrected chi connectivity index (χ2v) is 3.85. The van der Waals surface area contributed by atoms with Gasteiger partial charge in [-0.05, 0) is 30.9 Å². The molecular formula is C9H11ClOS. The average Bonchev–Trinajstić information content (AvgIpc) is 2.03. The van der Waals surface area contributed by atoms with Crippen LogP contribution in [-0.4, -0.2) is 11.4 Å². The summed E-state index contributed by atoms with van der Waals surface area (Å²) in [5, 5.41) is 9.91. The zero-order valence-electron chi connectivity index (χ0n) is 7.04. The highest BCUT2D eigenvalue weighted by molar-refractivity contribution is 7.98. The van der Waals surface area contributed by atoms with Crippen LogP contribution < -0.4 is 0 Å². The van der Waals surface area contributed by atoms with E-state index >= 15 is 0 Å². The highest BCUT2D eigenvalue weighted by atomic mass is 35.5. The van der Waals surface area contributed by atoms with Gasteiger partial charge < -0.3 is 5.11 Å². The Labute approximate surface area is 81.7 Å². The lowest BCUT2D eigenvalue weighted by Gasteiger charge is -2.07. The largest absolute Gasteiger partial charge is 0.389 e. The monoisotopic (exact) mass is 202 g/mol. The van der Waals surface area contributed by atoms with Gasteiger partial charge in [-0.15, -0.1) is 11.8 Å². The molecule has 1 aromatic rings. The Balaban J connectivity index is 3.03. The number of hydrogen-bond acceptors (Lipinski definition) is 2. The van der Waals surface area contributed by atoms with Gasteiger partial charge in [0.25, 0.3) is 0 Å². The first-order valence-corrected chi connectivity index (χ1v) is 5.27. The quantitative estimate of drug-likeness (QED) is 0.744. The Morgan fingerprint density at radius 3 is 2.58 bits per heavy atom. The molecule has 0 saturated carbocycles. The standard InChI is InChI=1S/C9H11ClOS/c1-6(11)8-4-3-7(12-2)5-9(8)10/h3-6,11H,1-2H3/t6-/m0/s1. The van der Waals surface area contributed by atoms with E-state index < -0.39 is 6.10 Å². The molecule has 1 rings (SSSR count). The van der Waals surface area contributed by atoms with Gasteiger partial charge in [-0.1, -0.05) is 17.7 Å². The van der Waals surface area contributed by atoms with E-state index in [0.29, 0.717) is 5.02 Å². The highest BCUT2D eigenvalue weighted by Gasteiger charge is 2.05. The zero-order valence-corrected chi connectivity index (χ0v) is 8.62. The molecule has 12 heavy (non-hydrogen) atoms. The predicted octanol–water partition coefficient (Wildman–Crippen LogP) is 3.12. The third-order valence-electron chi connectivity index (χ3n) is 1.66. The van der Waals surface area contributed by atoms with Crippen molar-refractivity contribution in [3.05, 3.63) is 28.8 Å². The number of thioether (sulfide) groups is 1. The molecule has 1 atom stereocenters. The molecule has 66 valence electrons. The molecule has 0 aromatic heterocycles. The molecule has 0 saturated heterocycles. The first-order chi connectivity index (χ1) is 5.65. The minimum absolute atomic E-state index is 0.492. The summed E-state index contributed by atoms with van der Waals surface area (Å²) < 4.78 is 0. The van der Waals surface area contributed by atoms with Crippen LogP contribution in [0.2, 0.25) is 5.02 Å². The maximum absolute atomic E-state index is 9.28. The predicted molar refractivity (Wildman–Crippen MR) is 53.9 cm³/mol. The van der Waals surface area contributed by atoms with Crippen molar-refractivity contribution < 1.29 is 5.11 Å². The van der Waals surface area contributed by atoms with Crippen molar-refractivity contribution in [2.24, 2.45) is 0 Å². The number of halogens is 1. The molecule has 3 heteroatoms. The third-order valence-corrected chi connectivity index (χ3v) is 2.71. The first kappa shape index (κ1) is 9.90. The second kappa shape index (κ2) is 4.17. The van der Waals surface area contributed by atoms with Crippen molar-refractivity contribution in [1.82, 2.24) is 0 Å². The van der Waals surface area contributed by atoms with Crippen molar-refractivity contribution in [3.8, 4) is 0 Å². The molecule has 0 aliphatic rings. The van der Waals surface area contributed by atoms with E-state index in [-0.39, 0.29) is 0 Å². The molecule has 0 bridgehead atoms. The van der Waals surface area contributed by atoms with Crippen LogP contribution in [0.4, 0.5) is 0 Å². The van der Waals surface area contributed by atoms with E-state index in [1.54, 1.807) is 18.7 Å². The fourth-order valence-corrected chi connectivity index (χ4v) is 1.82. The van der Waals surface area contributed by atoms with E-state index in [2.05, 4.69) is 0 Å². The van der Waals surface area contributed by atoms with Crippen molar-refractivity contribution in [3.63, 3.8) is 0 Å². The molecule has 1 N–H and O–H groups in total. The van der Waals surface area contributed by atoms with Crippen LogP contribution in [0.25, 0.3) is 0 Å². The van der Waals surface area contributed by atoms with Gasteiger partial charge in [-0.3, -0.25) is 0 Å². The van der Waals surface area contributed by atoms with Crippen LogP contribution in [0.1, 0.15) is 18.6 Å². The summed E-state index contributed by atoms with van der Waals surface area (Å²) in [6.07, 6.45) is 1.50. The van der Waals surface area contributed by atoms with E-state index in [1.807, 2.05) is 24.5 Å². The van der Waals surface area contributed by atoms with Gasteiger partial charge in [-0.25, -0.2) is 0 Å². The number of aliphatic hydroxyl groups excluding tert-OH is 1. The van der Waals surface area contributed by atoms with Gasteiger partial charge >= 0.3 is 0 Å². The Bertz CT molecular complexity index is 273. The average molecular weight is 203 g/mol. The summed E-state index contributed by atoms with van der Waals surface area (Å²) in [6.45, 7) is 1.71. The van der Waals surface area contributed by atoms with Gasteiger partial charge in [0.05, 0.1) is 6.10 Å². The molecule has 0 fully saturated rings. The van der Waals surface area contributed by atoms with Crippen LogP contribution in [0.5, 0.6) is 0 Å². The lowest BCUT2D eigenvalue weighted by Crippen LogP contribution is -1.91. The minimum Gasteiger partial charge on any atom is -0.389 e.